The van der Waals surface area contributed by atoms with E-state index < -0.39 is 0 Å². The number of carbonyl (C=O) groups is 4. The molecule has 1 saturated heterocycles. The maximum atomic E-state index is 12.3. The van der Waals surface area contributed by atoms with Gasteiger partial charge in [-0.15, -0.1) is 11.8 Å². The number of thioether (sulfide) groups is 1. The van der Waals surface area contributed by atoms with Gasteiger partial charge in [-0.3, -0.25) is 19.3 Å². The summed E-state index contributed by atoms with van der Waals surface area (Å²) in [5.74, 6) is 0.841. The summed E-state index contributed by atoms with van der Waals surface area (Å²) >= 11 is 1.59. The summed E-state index contributed by atoms with van der Waals surface area (Å²) in [6, 6.07) is -0.389. The highest BCUT2D eigenvalue weighted by Gasteiger charge is 2.38. The van der Waals surface area contributed by atoms with Gasteiger partial charge in [0.1, 0.15) is 6.29 Å². The first-order valence-corrected chi connectivity index (χ1v) is 11.0. The molecular formula is C20H34N2O4S. The fraction of sp³-hybridized carbons (Fsp3) is 0.800. The Morgan fingerprint density at radius 2 is 1.96 bits per heavy atom. The lowest BCUT2D eigenvalue weighted by Gasteiger charge is -2.26. The van der Waals surface area contributed by atoms with Crippen LogP contribution in [0.4, 0.5) is 0 Å². The van der Waals surface area contributed by atoms with Crippen molar-refractivity contribution in [3.05, 3.63) is 0 Å². The number of aldehydes is 1. The molecule has 1 aliphatic rings. The van der Waals surface area contributed by atoms with Gasteiger partial charge in [0.05, 0.1) is 11.3 Å². The molecule has 7 heteroatoms. The van der Waals surface area contributed by atoms with Gasteiger partial charge in [-0.25, -0.2) is 0 Å². The van der Waals surface area contributed by atoms with Crippen molar-refractivity contribution in [1.82, 2.24) is 9.80 Å². The van der Waals surface area contributed by atoms with Crippen LogP contribution in [-0.2, 0) is 19.2 Å². The number of rotatable bonds is 13. The summed E-state index contributed by atoms with van der Waals surface area (Å²) in [6.45, 7) is 6.38. The van der Waals surface area contributed by atoms with Crippen LogP contribution in [0, 0.1) is 5.92 Å². The molecule has 0 radical (unpaired) electrons. The van der Waals surface area contributed by atoms with E-state index in [9.17, 15) is 19.2 Å². The lowest BCUT2D eigenvalue weighted by atomic mass is 10.0. The normalized spacial score (nSPS) is 18.3. The third-order valence-electron chi connectivity index (χ3n) is 4.95. The van der Waals surface area contributed by atoms with E-state index in [0.29, 0.717) is 32.2 Å². The standard InChI is InChI=1S/C20H34N2O4S/c1-5-6-12-27-17-13-19(25)22(20(17)26)11-9-7-8-10-18(24)21(4)16(14-23)15(2)3/h14-17H,5-13H2,1-4H3. The summed E-state index contributed by atoms with van der Waals surface area (Å²) < 4.78 is 0. The minimum Gasteiger partial charge on any atom is -0.336 e. The average Bonchev–Trinajstić information content (AvgIpc) is 2.89. The zero-order valence-corrected chi connectivity index (χ0v) is 17.9. The molecule has 1 aliphatic heterocycles. The Hall–Kier alpha value is -1.37. The van der Waals surface area contributed by atoms with Gasteiger partial charge in [-0.05, 0) is 30.9 Å². The van der Waals surface area contributed by atoms with Crippen molar-refractivity contribution in [2.45, 2.75) is 77.0 Å². The van der Waals surface area contributed by atoms with Crippen LogP contribution in [0.1, 0.15) is 65.7 Å². The van der Waals surface area contributed by atoms with Gasteiger partial charge in [0, 0.05) is 26.4 Å². The van der Waals surface area contributed by atoms with Gasteiger partial charge in [-0.1, -0.05) is 33.6 Å². The maximum absolute atomic E-state index is 12.3. The second-order valence-corrected chi connectivity index (χ2v) is 8.80. The van der Waals surface area contributed by atoms with Crippen LogP contribution in [-0.4, -0.2) is 64.4 Å². The van der Waals surface area contributed by atoms with E-state index in [0.717, 1.165) is 31.3 Å². The summed E-state index contributed by atoms with van der Waals surface area (Å²) in [7, 11) is 1.67. The van der Waals surface area contributed by atoms with Gasteiger partial charge in [-0.2, -0.15) is 0 Å². The van der Waals surface area contributed by atoms with E-state index in [-0.39, 0.29) is 34.9 Å². The zero-order valence-electron chi connectivity index (χ0n) is 17.1. The van der Waals surface area contributed by atoms with Crippen LogP contribution in [0.5, 0.6) is 0 Å². The summed E-state index contributed by atoms with van der Waals surface area (Å²) in [5, 5.41) is -0.212. The first kappa shape index (κ1) is 23.7. The Bertz CT molecular complexity index is 524. The van der Waals surface area contributed by atoms with Gasteiger partial charge in [0.2, 0.25) is 17.7 Å². The van der Waals surface area contributed by atoms with E-state index in [1.54, 1.807) is 18.8 Å². The van der Waals surface area contributed by atoms with E-state index in [1.807, 2.05) is 13.8 Å². The molecule has 1 fully saturated rings. The molecule has 2 atom stereocenters. The van der Waals surface area contributed by atoms with Crippen LogP contribution >= 0.6 is 11.8 Å². The van der Waals surface area contributed by atoms with Crippen molar-refractivity contribution in [2.24, 2.45) is 5.92 Å². The van der Waals surface area contributed by atoms with Crippen molar-refractivity contribution in [1.29, 1.82) is 0 Å². The van der Waals surface area contributed by atoms with Crippen LogP contribution < -0.4 is 0 Å². The fourth-order valence-corrected chi connectivity index (χ4v) is 4.42. The molecule has 6 nitrogen and oxygen atoms in total. The lowest BCUT2D eigenvalue weighted by Crippen LogP contribution is -2.41. The molecule has 0 N–H and O–H groups in total. The second-order valence-electron chi connectivity index (χ2n) is 7.49. The lowest BCUT2D eigenvalue weighted by molar-refractivity contribution is -0.138. The molecule has 0 spiro atoms. The van der Waals surface area contributed by atoms with E-state index in [4.69, 9.17) is 0 Å². The maximum Gasteiger partial charge on any atom is 0.242 e. The number of imide groups is 1. The average molecular weight is 399 g/mol. The Kier molecular flexibility index (Phi) is 10.7. The molecule has 0 saturated carbocycles. The predicted octanol–water partition coefficient (Wildman–Crippen LogP) is 2.89. The minimum atomic E-state index is -0.389. The number of unbranched alkanes of at least 4 members (excludes halogenated alkanes) is 3. The van der Waals surface area contributed by atoms with E-state index in [1.165, 1.54) is 9.80 Å². The Balaban J connectivity index is 2.29. The Morgan fingerprint density at radius 1 is 1.26 bits per heavy atom. The SMILES string of the molecule is CCCCSC1CC(=O)N(CCCCCC(=O)N(C)C(C=O)C(C)C)C1=O. The second kappa shape index (κ2) is 12.2. The first-order valence-electron chi connectivity index (χ1n) is 10.00. The minimum absolute atomic E-state index is 0.0403. The quantitative estimate of drug-likeness (QED) is 0.271. The molecular weight excluding hydrogens is 364 g/mol. The molecule has 1 heterocycles. The zero-order chi connectivity index (χ0) is 20.4. The van der Waals surface area contributed by atoms with Crippen LogP contribution in [0.2, 0.25) is 0 Å². The molecule has 3 amide bonds. The molecule has 0 bridgehead atoms. The highest BCUT2D eigenvalue weighted by atomic mass is 32.2. The van der Waals surface area contributed by atoms with Crippen LogP contribution in [0.25, 0.3) is 0 Å². The van der Waals surface area contributed by atoms with Crippen molar-refractivity contribution in [3.8, 4) is 0 Å². The molecule has 0 aromatic heterocycles. The third-order valence-corrected chi connectivity index (χ3v) is 6.25. The first-order chi connectivity index (χ1) is 12.8. The Morgan fingerprint density at radius 3 is 2.56 bits per heavy atom. The molecule has 1 rings (SSSR count). The van der Waals surface area contributed by atoms with E-state index in [2.05, 4.69) is 6.92 Å². The highest BCUT2D eigenvalue weighted by Crippen LogP contribution is 2.26. The van der Waals surface area contributed by atoms with Crippen molar-refractivity contribution >= 4 is 35.8 Å². The largest absolute Gasteiger partial charge is 0.336 e. The van der Waals surface area contributed by atoms with E-state index >= 15 is 0 Å². The summed E-state index contributed by atoms with van der Waals surface area (Å²) in [5.41, 5.74) is 0. The monoisotopic (exact) mass is 398 g/mol. The number of hydrogen-bond donors (Lipinski definition) is 0. The summed E-state index contributed by atoms with van der Waals surface area (Å²) in [6.07, 6.45) is 5.85. The number of likely N-dealkylation sites (tertiary alicyclic amines) is 1. The predicted molar refractivity (Wildman–Crippen MR) is 108 cm³/mol. The van der Waals surface area contributed by atoms with Gasteiger partial charge >= 0.3 is 0 Å². The summed E-state index contributed by atoms with van der Waals surface area (Å²) in [4.78, 5) is 50.6. The molecule has 27 heavy (non-hydrogen) atoms. The molecule has 0 aromatic rings. The van der Waals surface area contributed by atoms with Crippen molar-refractivity contribution < 1.29 is 19.2 Å². The molecule has 0 aromatic carbocycles. The fourth-order valence-electron chi connectivity index (χ4n) is 3.15. The van der Waals surface area contributed by atoms with Gasteiger partial charge in [0.25, 0.3) is 0 Å². The molecule has 154 valence electrons. The smallest absolute Gasteiger partial charge is 0.242 e. The highest BCUT2D eigenvalue weighted by molar-refractivity contribution is 8.00. The van der Waals surface area contributed by atoms with Gasteiger partial charge < -0.3 is 9.69 Å². The van der Waals surface area contributed by atoms with Crippen molar-refractivity contribution in [3.63, 3.8) is 0 Å². The van der Waals surface area contributed by atoms with Crippen molar-refractivity contribution in [2.75, 3.05) is 19.3 Å². The molecule has 0 aliphatic carbocycles. The number of hydrogen-bond acceptors (Lipinski definition) is 5. The van der Waals surface area contributed by atoms with Gasteiger partial charge in [0.15, 0.2) is 0 Å². The number of carbonyl (C=O) groups excluding carboxylic acids is 4. The van der Waals surface area contributed by atoms with Crippen LogP contribution in [0.15, 0.2) is 0 Å². The topological polar surface area (TPSA) is 74.8 Å². The Labute approximate surface area is 167 Å². The third kappa shape index (κ3) is 7.28. The van der Waals surface area contributed by atoms with Crippen LogP contribution in [0.3, 0.4) is 0 Å². The molecule has 2 unspecified atom stereocenters. The number of amides is 3. The number of nitrogens with zero attached hydrogens (tertiary/aromatic N) is 2. The number of likely N-dealkylation sites (N-methyl/N-ethyl adjacent to an activating group) is 1.